The van der Waals surface area contributed by atoms with E-state index in [2.05, 4.69) is 10.4 Å². The fourth-order valence-corrected chi connectivity index (χ4v) is 4.32. The first-order valence-electron chi connectivity index (χ1n) is 8.61. The summed E-state index contributed by atoms with van der Waals surface area (Å²) in [5.74, 6) is -0.479. The number of benzene rings is 2. The Hall–Kier alpha value is -2.54. The van der Waals surface area contributed by atoms with Gasteiger partial charge in [-0.05, 0) is 44.5 Å². The summed E-state index contributed by atoms with van der Waals surface area (Å²) in [7, 11) is 0. The Balaban J connectivity index is 1.97. The zero-order valence-electron chi connectivity index (χ0n) is 15.5. The minimum atomic E-state index is -2.05. The number of anilines is 2. The van der Waals surface area contributed by atoms with E-state index in [-0.39, 0.29) is 22.0 Å². The van der Waals surface area contributed by atoms with Gasteiger partial charge in [0.2, 0.25) is 5.60 Å². The molecular formula is C20H18Cl2N4O2. The summed E-state index contributed by atoms with van der Waals surface area (Å²) in [6.07, 6.45) is 0. The van der Waals surface area contributed by atoms with Gasteiger partial charge in [0, 0.05) is 10.6 Å². The first kappa shape index (κ1) is 18.8. The number of fused-ring (bicyclic) bond motifs is 1. The van der Waals surface area contributed by atoms with E-state index in [0.717, 1.165) is 16.8 Å². The van der Waals surface area contributed by atoms with E-state index in [1.807, 2.05) is 32.0 Å². The Bertz CT molecular complexity index is 1160. The zero-order chi connectivity index (χ0) is 20.4. The average molecular weight is 417 g/mol. The van der Waals surface area contributed by atoms with E-state index in [9.17, 15) is 9.90 Å². The summed E-state index contributed by atoms with van der Waals surface area (Å²) in [6.45, 7) is 5.64. The molecule has 4 rings (SSSR count). The molecule has 6 nitrogen and oxygen atoms in total. The maximum Gasteiger partial charge on any atom is 0.266 e. The number of nitrogens with one attached hydrogen (secondary N) is 1. The third kappa shape index (κ3) is 2.53. The molecule has 2 heterocycles. The van der Waals surface area contributed by atoms with Crippen LogP contribution in [0.3, 0.4) is 0 Å². The first-order valence-corrected chi connectivity index (χ1v) is 9.36. The Morgan fingerprint density at radius 1 is 1.18 bits per heavy atom. The van der Waals surface area contributed by atoms with Crippen molar-refractivity contribution in [3.05, 3.63) is 68.3 Å². The van der Waals surface area contributed by atoms with Crippen molar-refractivity contribution in [2.24, 2.45) is 0 Å². The lowest BCUT2D eigenvalue weighted by Gasteiger charge is -2.22. The standard InChI is InChI=1S/C20H18Cl2N4O2/c1-9-4-5-15(10(2)6-9)26-18(23)16(11(3)25-26)20(28)13-7-12(21)8-14(22)17(13)24-19(20)27/h4-8,28H,23H2,1-3H3,(H,24,27)/t20-/m1/s1. The van der Waals surface area contributed by atoms with Crippen LogP contribution in [0.5, 0.6) is 0 Å². The van der Waals surface area contributed by atoms with E-state index in [1.54, 1.807) is 6.92 Å². The predicted molar refractivity (Wildman–Crippen MR) is 110 cm³/mol. The molecule has 1 aromatic heterocycles. The molecule has 3 aromatic rings. The van der Waals surface area contributed by atoms with Gasteiger partial charge in [0.25, 0.3) is 5.91 Å². The van der Waals surface area contributed by atoms with Crippen molar-refractivity contribution < 1.29 is 9.90 Å². The van der Waals surface area contributed by atoms with Crippen molar-refractivity contribution in [1.82, 2.24) is 9.78 Å². The molecule has 144 valence electrons. The second-order valence-electron chi connectivity index (χ2n) is 7.02. The number of halogens is 2. The third-order valence-electron chi connectivity index (χ3n) is 5.05. The van der Waals surface area contributed by atoms with Crippen molar-refractivity contribution in [2.75, 3.05) is 11.1 Å². The molecule has 0 unspecified atom stereocenters. The van der Waals surface area contributed by atoms with Gasteiger partial charge in [-0.25, -0.2) is 4.68 Å². The number of carbonyl (C=O) groups excluding carboxylic acids is 1. The Morgan fingerprint density at radius 2 is 1.89 bits per heavy atom. The molecule has 0 saturated carbocycles. The molecule has 28 heavy (non-hydrogen) atoms. The number of carbonyl (C=O) groups is 1. The van der Waals surface area contributed by atoms with Gasteiger partial charge in [0.15, 0.2) is 0 Å². The van der Waals surface area contributed by atoms with Crippen LogP contribution in [-0.2, 0) is 10.4 Å². The summed E-state index contributed by atoms with van der Waals surface area (Å²) >= 11 is 12.3. The van der Waals surface area contributed by atoms with Gasteiger partial charge in [-0.2, -0.15) is 5.10 Å². The van der Waals surface area contributed by atoms with Crippen LogP contribution in [0.4, 0.5) is 11.5 Å². The van der Waals surface area contributed by atoms with E-state index in [4.69, 9.17) is 28.9 Å². The van der Waals surface area contributed by atoms with Crippen LogP contribution >= 0.6 is 23.2 Å². The van der Waals surface area contributed by atoms with Crippen LogP contribution in [0.15, 0.2) is 30.3 Å². The van der Waals surface area contributed by atoms with E-state index < -0.39 is 11.5 Å². The number of aliphatic hydroxyl groups is 1. The Labute approximate surface area is 171 Å². The maximum absolute atomic E-state index is 12.8. The molecule has 0 fully saturated rings. The van der Waals surface area contributed by atoms with Crippen molar-refractivity contribution in [1.29, 1.82) is 0 Å². The van der Waals surface area contributed by atoms with Gasteiger partial charge in [0.05, 0.1) is 27.7 Å². The highest BCUT2D eigenvalue weighted by Gasteiger charge is 2.51. The molecule has 1 aliphatic rings. The topological polar surface area (TPSA) is 93.2 Å². The van der Waals surface area contributed by atoms with Crippen molar-refractivity contribution in [3.63, 3.8) is 0 Å². The predicted octanol–water partition coefficient (Wildman–Crippen LogP) is 3.87. The summed E-state index contributed by atoms with van der Waals surface area (Å²) in [5, 5.41) is 19.2. The van der Waals surface area contributed by atoms with Crippen LogP contribution < -0.4 is 11.1 Å². The highest BCUT2D eigenvalue weighted by molar-refractivity contribution is 6.38. The lowest BCUT2D eigenvalue weighted by atomic mass is 9.87. The SMILES string of the molecule is Cc1ccc(-n2nc(C)c([C@@]3(O)C(=O)Nc4c(Cl)cc(Cl)cc43)c2N)c(C)c1. The number of nitrogens with zero attached hydrogens (tertiary/aromatic N) is 2. The number of hydrogen-bond donors (Lipinski definition) is 3. The number of aryl methyl sites for hydroxylation is 3. The van der Waals surface area contributed by atoms with Gasteiger partial charge >= 0.3 is 0 Å². The molecule has 1 atom stereocenters. The molecule has 0 spiro atoms. The molecule has 0 saturated heterocycles. The number of aromatic nitrogens is 2. The van der Waals surface area contributed by atoms with Crippen LogP contribution in [0.25, 0.3) is 5.69 Å². The summed E-state index contributed by atoms with van der Waals surface area (Å²) in [5.41, 5.74) is 8.40. The molecule has 4 N–H and O–H groups in total. The number of amides is 1. The van der Waals surface area contributed by atoms with Gasteiger partial charge < -0.3 is 16.2 Å². The maximum atomic E-state index is 12.8. The highest BCUT2D eigenvalue weighted by atomic mass is 35.5. The first-order chi connectivity index (χ1) is 13.1. The minimum absolute atomic E-state index is 0.172. The summed E-state index contributed by atoms with van der Waals surface area (Å²) in [6, 6.07) is 8.87. The normalized spacial score (nSPS) is 18.3. The van der Waals surface area contributed by atoms with Crippen molar-refractivity contribution >= 4 is 40.6 Å². The summed E-state index contributed by atoms with van der Waals surface area (Å²) in [4.78, 5) is 12.8. The van der Waals surface area contributed by atoms with E-state index in [0.29, 0.717) is 16.4 Å². The molecule has 2 aromatic carbocycles. The molecule has 0 bridgehead atoms. The third-order valence-corrected chi connectivity index (χ3v) is 5.57. The fourth-order valence-electron chi connectivity index (χ4n) is 3.78. The number of nitrogens with two attached hydrogens (primary N) is 1. The lowest BCUT2D eigenvalue weighted by Crippen LogP contribution is -2.36. The quantitative estimate of drug-likeness (QED) is 0.590. The van der Waals surface area contributed by atoms with Crippen LogP contribution in [0, 0.1) is 20.8 Å². The van der Waals surface area contributed by atoms with Crippen LogP contribution in [0.1, 0.15) is 27.9 Å². The minimum Gasteiger partial charge on any atom is -0.383 e. The second kappa shape index (κ2) is 6.24. The average Bonchev–Trinajstić information content (AvgIpc) is 3.03. The van der Waals surface area contributed by atoms with Gasteiger partial charge in [-0.1, -0.05) is 40.9 Å². The molecule has 8 heteroatoms. The monoisotopic (exact) mass is 416 g/mol. The van der Waals surface area contributed by atoms with Crippen molar-refractivity contribution in [2.45, 2.75) is 26.4 Å². The number of rotatable bonds is 2. The van der Waals surface area contributed by atoms with E-state index in [1.165, 1.54) is 16.8 Å². The van der Waals surface area contributed by atoms with E-state index >= 15 is 0 Å². The van der Waals surface area contributed by atoms with Crippen LogP contribution in [0.2, 0.25) is 10.0 Å². The smallest absolute Gasteiger partial charge is 0.266 e. The molecule has 1 amide bonds. The number of hydrogen-bond acceptors (Lipinski definition) is 4. The largest absolute Gasteiger partial charge is 0.383 e. The second-order valence-corrected chi connectivity index (χ2v) is 7.87. The Kier molecular flexibility index (Phi) is 4.19. The van der Waals surface area contributed by atoms with Gasteiger partial charge in [-0.15, -0.1) is 0 Å². The van der Waals surface area contributed by atoms with Crippen molar-refractivity contribution in [3.8, 4) is 5.69 Å². The van der Waals surface area contributed by atoms with Crippen LogP contribution in [-0.4, -0.2) is 20.8 Å². The molecule has 0 radical (unpaired) electrons. The highest BCUT2D eigenvalue weighted by Crippen LogP contribution is 2.48. The lowest BCUT2D eigenvalue weighted by molar-refractivity contribution is -0.129. The zero-order valence-corrected chi connectivity index (χ0v) is 17.0. The van der Waals surface area contributed by atoms with Gasteiger partial charge in [0.1, 0.15) is 5.82 Å². The Morgan fingerprint density at radius 3 is 2.57 bits per heavy atom. The fraction of sp³-hybridized carbons (Fsp3) is 0.200. The molecule has 0 aliphatic carbocycles. The van der Waals surface area contributed by atoms with Gasteiger partial charge in [-0.3, -0.25) is 4.79 Å². The number of nitrogen functional groups attached to an aromatic ring is 1. The molecular weight excluding hydrogens is 399 g/mol. The summed E-state index contributed by atoms with van der Waals surface area (Å²) < 4.78 is 1.54. The molecule has 1 aliphatic heterocycles.